The van der Waals surface area contributed by atoms with Gasteiger partial charge in [-0.1, -0.05) is 23.7 Å². The molecule has 0 unspecified atom stereocenters. The van der Waals surface area contributed by atoms with E-state index in [-0.39, 0.29) is 18.1 Å². The lowest BCUT2D eigenvalue weighted by atomic mass is 10.2. The molecule has 1 N–H and O–H groups in total. The van der Waals surface area contributed by atoms with Crippen LogP contribution in [0.1, 0.15) is 6.92 Å². The molecule has 0 radical (unpaired) electrons. The van der Waals surface area contributed by atoms with E-state index in [1.165, 1.54) is 16.7 Å². The first-order valence-corrected chi connectivity index (χ1v) is 8.27. The molecule has 134 valence electrons. The Hall–Kier alpha value is -2.93. The standard InChI is InChI=1S/C18H15ClFN3O3/c1-2-22-17(25)12-5-3-4-6-15(12)23(18(22)26)10-16(24)21-11-7-8-14(20)13(19)9-11/h3-9H,2,10H2,1H3,(H,21,24). The summed E-state index contributed by atoms with van der Waals surface area (Å²) in [6.45, 7) is 1.58. The predicted octanol–water partition coefficient (Wildman–Crippen LogP) is 2.61. The maximum atomic E-state index is 13.2. The van der Waals surface area contributed by atoms with Gasteiger partial charge >= 0.3 is 5.69 Å². The lowest BCUT2D eigenvalue weighted by molar-refractivity contribution is -0.116. The molecular formula is C18H15ClFN3O3. The summed E-state index contributed by atoms with van der Waals surface area (Å²) in [5.41, 5.74) is -0.277. The van der Waals surface area contributed by atoms with Crippen molar-refractivity contribution in [1.29, 1.82) is 0 Å². The molecular weight excluding hydrogens is 361 g/mol. The van der Waals surface area contributed by atoms with Crippen molar-refractivity contribution in [3.8, 4) is 0 Å². The molecule has 0 saturated carbocycles. The second-order valence-corrected chi connectivity index (χ2v) is 6.02. The highest BCUT2D eigenvalue weighted by Crippen LogP contribution is 2.19. The molecule has 3 aromatic rings. The zero-order valence-electron chi connectivity index (χ0n) is 13.8. The molecule has 0 aliphatic carbocycles. The first-order chi connectivity index (χ1) is 12.4. The normalized spacial score (nSPS) is 10.9. The second-order valence-electron chi connectivity index (χ2n) is 5.61. The second kappa shape index (κ2) is 7.13. The minimum absolute atomic E-state index is 0.120. The number of carbonyl (C=O) groups is 1. The Bertz CT molecular complexity index is 1120. The van der Waals surface area contributed by atoms with Crippen LogP contribution in [0.5, 0.6) is 0 Å². The molecule has 0 saturated heterocycles. The summed E-state index contributed by atoms with van der Waals surface area (Å²) in [7, 11) is 0. The number of nitrogens with one attached hydrogen (secondary N) is 1. The van der Waals surface area contributed by atoms with Gasteiger partial charge in [0.05, 0.1) is 15.9 Å². The average Bonchev–Trinajstić information content (AvgIpc) is 2.62. The fraction of sp³-hybridized carbons (Fsp3) is 0.167. The van der Waals surface area contributed by atoms with E-state index in [2.05, 4.69) is 5.32 Å². The molecule has 0 spiro atoms. The number of nitrogens with zero attached hydrogens (tertiary/aromatic N) is 2. The minimum Gasteiger partial charge on any atom is -0.324 e. The van der Waals surface area contributed by atoms with Crippen molar-refractivity contribution in [1.82, 2.24) is 9.13 Å². The highest BCUT2D eigenvalue weighted by atomic mass is 35.5. The molecule has 6 nitrogen and oxygen atoms in total. The Labute approximate surface area is 152 Å². The molecule has 0 bridgehead atoms. The van der Waals surface area contributed by atoms with Crippen LogP contribution in [0.4, 0.5) is 10.1 Å². The quantitative estimate of drug-likeness (QED) is 0.761. The van der Waals surface area contributed by atoms with Crippen molar-refractivity contribution in [3.63, 3.8) is 0 Å². The Kier molecular flexibility index (Phi) is 4.90. The van der Waals surface area contributed by atoms with Gasteiger partial charge in [0.15, 0.2) is 0 Å². The number of hydrogen-bond acceptors (Lipinski definition) is 3. The van der Waals surface area contributed by atoms with Crippen LogP contribution in [0.25, 0.3) is 10.9 Å². The smallest absolute Gasteiger partial charge is 0.324 e. The first kappa shape index (κ1) is 17.9. The van der Waals surface area contributed by atoms with Crippen LogP contribution in [-0.4, -0.2) is 15.0 Å². The van der Waals surface area contributed by atoms with E-state index in [9.17, 15) is 18.8 Å². The van der Waals surface area contributed by atoms with Gasteiger partial charge < -0.3 is 5.32 Å². The third-order valence-electron chi connectivity index (χ3n) is 3.95. The van der Waals surface area contributed by atoms with E-state index >= 15 is 0 Å². The Morgan fingerprint density at radius 1 is 1.15 bits per heavy atom. The van der Waals surface area contributed by atoms with Crippen molar-refractivity contribution < 1.29 is 9.18 Å². The number of amides is 1. The van der Waals surface area contributed by atoms with E-state index in [4.69, 9.17) is 11.6 Å². The average molecular weight is 376 g/mol. The third kappa shape index (κ3) is 3.25. The maximum absolute atomic E-state index is 13.2. The van der Waals surface area contributed by atoms with E-state index in [0.717, 1.165) is 10.6 Å². The lowest BCUT2D eigenvalue weighted by Crippen LogP contribution is -2.41. The van der Waals surface area contributed by atoms with Crippen LogP contribution in [0, 0.1) is 5.82 Å². The predicted molar refractivity (Wildman–Crippen MR) is 98.2 cm³/mol. The fourth-order valence-electron chi connectivity index (χ4n) is 2.72. The number of benzene rings is 2. The van der Waals surface area contributed by atoms with Crippen LogP contribution >= 0.6 is 11.6 Å². The number of aromatic nitrogens is 2. The molecule has 2 aromatic carbocycles. The maximum Gasteiger partial charge on any atom is 0.331 e. The summed E-state index contributed by atoms with van der Waals surface area (Å²) in [5, 5.41) is 2.80. The van der Waals surface area contributed by atoms with Crippen molar-refractivity contribution in [2.75, 3.05) is 5.32 Å². The zero-order valence-corrected chi connectivity index (χ0v) is 14.6. The molecule has 26 heavy (non-hydrogen) atoms. The van der Waals surface area contributed by atoms with Gasteiger partial charge in [-0.25, -0.2) is 9.18 Å². The van der Waals surface area contributed by atoms with Crippen molar-refractivity contribution in [2.24, 2.45) is 0 Å². The summed E-state index contributed by atoms with van der Waals surface area (Å²) in [5.74, 6) is -1.09. The third-order valence-corrected chi connectivity index (χ3v) is 4.24. The molecule has 1 amide bonds. The summed E-state index contributed by atoms with van der Waals surface area (Å²) in [6.07, 6.45) is 0. The van der Waals surface area contributed by atoms with Crippen LogP contribution in [0.2, 0.25) is 5.02 Å². The monoisotopic (exact) mass is 375 g/mol. The van der Waals surface area contributed by atoms with Crippen molar-refractivity contribution >= 4 is 34.1 Å². The molecule has 0 atom stereocenters. The van der Waals surface area contributed by atoms with Gasteiger partial charge in [-0.2, -0.15) is 0 Å². The molecule has 1 aromatic heterocycles. The molecule has 3 rings (SSSR count). The van der Waals surface area contributed by atoms with Crippen LogP contribution < -0.4 is 16.6 Å². The van der Waals surface area contributed by atoms with Gasteiger partial charge in [0, 0.05) is 12.2 Å². The number of fused-ring (bicyclic) bond motifs is 1. The van der Waals surface area contributed by atoms with Gasteiger partial charge in [-0.05, 0) is 37.3 Å². The van der Waals surface area contributed by atoms with E-state index in [1.54, 1.807) is 31.2 Å². The lowest BCUT2D eigenvalue weighted by Gasteiger charge is -2.13. The summed E-state index contributed by atoms with van der Waals surface area (Å²) < 4.78 is 15.5. The van der Waals surface area contributed by atoms with E-state index in [0.29, 0.717) is 16.6 Å². The molecule has 0 fully saturated rings. The zero-order chi connectivity index (χ0) is 18.8. The number of halogens is 2. The minimum atomic E-state index is -0.595. The summed E-state index contributed by atoms with van der Waals surface area (Å²) >= 11 is 5.70. The first-order valence-electron chi connectivity index (χ1n) is 7.89. The Morgan fingerprint density at radius 3 is 2.58 bits per heavy atom. The van der Waals surface area contributed by atoms with Crippen LogP contribution in [0.3, 0.4) is 0 Å². The Morgan fingerprint density at radius 2 is 1.88 bits per heavy atom. The fourth-order valence-corrected chi connectivity index (χ4v) is 2.90. The largest absolute Gasteiger partial charge is 0.331 e. The highest BCUT2D eigenvalue weighted by Gasteiger charge is 2.14. The highest BCUT2D eigenvalue weighted by molar-refractivity contribution is 6.31. The van der Waals surface area contributed by atoms with E-state index < -0.39 is 23.0 Å². The van der Waals surface area contributed by atoms with Gasteiger partial charge in [0.1, 0.15) is 12.4 Å². The summed E-state index contributed by atoms with van der Waals surface area (Å²) in [6, 6.07) is 10.4. The van der Waals surface area contributed by atoms with Gasteiger partial charge in [0.25, 0.3) is 5.56 Å². The topological polar surface area (TPSA) is 73.1 Å². The number of para-hydroxylation sites is 1. The molecule has 1 heterocycles. The van der Waals surface area contributed by atoms with Crippen molar-refractivity contribution in [3.05, 3.63) is 74.1 Å². The van der Waals surface area contributed by atoms with Crippen LogP contribution in [-0.2, 0) is 17.9 Å². The van der Waals surface area contributed by atoms with Crippen molar-refractivity contribution in [2.45, 2.75) is 20.0 Å². The number of hydrogen-bond donors (Lipinski definition) is 1. The molecule has 0 aliphatic rings. The summed E-state index contributed by atoms with van der Waals surface area (Å²) in [4.78, 5) is 37.3. The molecule has 8 heteroatoms. The number of anilines is 1. The SMILES string of the molecule is CCn1c(=O)c2ccccc2n(CC(=O)Nc2ccc(F)c(Cl)c2)c1=O. The molecule has 0 aliphatic heterocycles. The number of carbonyl (C=O) groups excluding carboxylic acids is 1. The van der Waals surface area contributed by atoms with Crippen LogP contribution in [0.15, 0.2) is 52.1 Å². The van der Waals surface area contributed by atoms with Gasteiger partial charge in [-0.15, -0.1) is 0 Å². The van der Waals surface area contributed by atoms with Gasteiger partial charge in [0.2, 0.25) is 5.91 Å². The Balaban J connectivity index is 2.00. The number of rotatable bonds is 4. The van der Waals surface area contributed by atoms with E-state index in [1.807, 2.05) is 0 Å². The van der Waals surface area contributed by atoms with Gasteiger partial charge in [-0.3, -0.25) is 18.7 Å².